The van der Waals surface area contributed by atoms with Crippen LogP contribution < -0.4 is 20.7 Å². The highest BCUT2D eigenvalue weighted by molar-refractivity contribution is 9.10. The van der Waals surface area contributed by atoms with E-state index in [1.807, 2.05) is 48.5 Å². The average Bonchev–Trinajstić information content (AvgIpc) is 3.26. The molecule has 1 aliphatic carbocycles. The monoisotopic (exact) mass is 483 g/mol. The molecule has 1 heterocycles. The summed E-state index contributed by atoms with van der Waals surface area (Å²) < 4.78 is 7.15. The first kappa shape index (κ1) is 21.4. The predicted molar refractivity (Wildman–Crippen MR) is 122 cm³/mol. The first-order valence-electron chi connectivity index (χ1n) is 10.6. The SMILES string of the molecule is CC1=C(C(=O)NCc2ccccc2)[C@H](c2cc(Br)ccc2OC2CCCC2)NC(=O)N1. The summed E-state index contributed by atoms with van der Waals surface area (Å²) in [5.41, 5.74) is 2.78. The first-order chi connectivity index (χ1) is 15.0. The molecule has 0 unspecified atom stereocenters. The van der Waals surface area contributed by atoms with E-state index in [0.717, 1.165) is 41.3 Å². The van der Waals surface area contributed by atoms with Gasteiger partial charge in [0.2, 0.25) is 0 Å². The van der Waals surface area contributed by atoms with Crippen molar-refractivity contribution in [3.63, 3.8) is 0 Å². The van der Waals surface area contributed by atoms with Crippen LogP contribution in [-0.4, -0.2) is 18.0 Å². The van der Waals surface area contributed by atoms with Crippen LogP contribution in [0.2, 0.25) is 0 Å². The summed E-state index contributed by atoms with van der Waals surface area (Å²) in [4.78, 5) is 25.5. The molecule has 2 aromatic rings. The summed E-state index contributed by atoms with van der Waals surface area (Å²) in [5.74, 6) is 0.467. The number of ether oxygens (including phenoxy) is 1. The van der Waals surface area contributed by atoms with E-state index < -0.39 is 6.04 Å². The van der Waals surface area contributed by atoms with Gasteiger partial charge in [-0.15, -0.1) is 0 Å². The molecule has 1 fully saturated rings. The fourth-order valence-corrected chi connectivity index (χ4v) is 4.52. The van der Waals surface area contributed by atoms with E-state index in [4.69, 9.17) is 4.74 Å². The minimum absolute atomic E-state index is 0.165. The molecular weight excluding hydrogens is 458 g/mol. The van der Waals surface area contributed by atoms with E-state index in [2.05, 4.69) is 31.9 Å². The van der Waals surface area contributed by atoms with Gasteiger partial charge in [0.25, 0.3) is 5.91 Å². The maximum atomic E-state index is 13.2. The van der Waals surface area contributed by atoms with Gasteiger partial charge in [-0.3, -0.25) is 4.79 Å². The summed E-state index contributed by atoms with van der Waals surface area (Å²) in [6.07, 6.45) is 4.53. The number of allylic oxidation sites excluding steroid dienone is 1. The Bertz CT molecular complexity index is 1000. The van der Waals surface area contributed by atoms with Crippen LogP contribution in [0.3, 0.4) is 0 Å². The van der Waals surface area contributed by atoms with Crippen molar-refractivity contribution in [3.8, 4) is 5.75 Å². The zero-order chi connectivity index (χ0) is 21.8. The van der Waals surface area contributed by atoms with Crippen LogP contribution >= 0.6 is 15.9 Å². The van der Waals surface area contributed by atoms with Crippen LogP contribution in [-0.2, 0) is 11.3 Å². The molecule has 0 radical (unpaired) electrons. The Kier molecular flexibility index (Phi) is 6.61. The number of rotatable bonds is 6. The molecule has 1 atom stereocenters. The Morgan fingerprint density at radius 2 is 1.90 bits per heavy atom. The fourth-order valence-electron chi connectivity index (χ4n) is 4.14. The van der Waals surface area contributed by atoms with Crippen LogP contribution in [0, 0.1) is 0 Å². The standard InChI is InChI=1S/C24H26BrN3O3/c1-15-21(23(29)26-14-16-7-3-2-4-8-16)22(28-24(30)27-15)19-13-17(25)11-12-20(19)31-18-9-5-6-10-18/h2-4,7-8,11-13,18,22H,5-6,9-10,14H2,1H3,(H,26,29)(H2,27,28,30)/t22-/m0/s1. The van der Waals surface area contributed by atoms with Crippen molar-refractivity contribution in [1.29, 1.82) is 0 Å². The second-order valence-electron chi connectivity index (χ2n) is 7.94. The Labute approximate surface area is 190 Å². The Morgan fingerprint density at radius 1 is 1.16 bits per heavy atom. The van der Waals surface area contributed by atoms with Crippen molar-refractivity contribution < 1.29 is 14.3 Å². The van der Waals surface area contributed by atoms with Crippen molar-refractivity contribution in [2.75, 3.05) is 0 Å². The summed E-state index contributed by atoms with van der Waals surface area (Å²) in [6.45, 7) is 2.15. The van der Waals surface area contributed by atoms with Gasteiger partial charge in [0.1, 0.15) is 5.75 Å². The van der Waals surface area contributed by atoms with Crippen molar-refractivity contribution in [2.45, 2.75) is 51.3 Å². The van der Waals surface area contributed by atoms with Crippen LogP contribution in [0.15, 0.2) is 64.3 Å². The highest BCUT2D eigenvalue weighted by Crippen LogP contribution is 2.37. The number of amides is 3. The van der Waals surface area contributed by atoms with E-state index in [1.165, 1.54) is 0 Å². The minimum atomic E-state index is -0.613. The third-order valence-corrected chi connectivity index (χ3v) is 6.18. The summed E-state index contributed by atoms with van der Waals surface area (Å²) in [5, 5.41) is 8.63. The summed E-state index contributed by atoms with van der Waals surface area (Å²) in [7, 11) is 0. The Balaban J connectivity index is 1.63. The third kappa shape index (κ3) is 5.10. The molecular formula is C24H26BrN3O3. The number of nitrogens with one attached hydrogen (secondary N) is 3. The zero-order valence-electron chi connectivity index (χ0n) is 17.4. The van der Waals surface area contributed by atoms with Gasteiger partial charge >= 0.3 is 6.03 Å². The van der Waals surface area contributed by atoms with E-state index >= 15 is 0 Å². The zero-order valence-corrected chi connectivity index (χ0v) is 19.0. The molecule has 0 saturated heterocycles. The molecule has 7 heteroatoms. The molecule has 3 amide bonds. The number of carbonyl (C=O) groups excluding carboxylic acids is 2. The van der Waals surface area contributed by atoms with Gasteiger partial charge in [-0.05, 0) is 56.4 Å². The van der Waals surface area contributed by atoms with Gasteiger partial charge in [0.15, 0.2) is 0 Å². The second-order valence-corrected chi connectivity index (χ2v) is 8.86. The van der Waals surface area contributed by atoms with E-state index in [1.54, 1.807) is 6.92 Å². The average molecular weight is 484 g/mol. The van der Waals surface area contributed by atoms with Crippen molar-refractivity contribution in [1.82, 2.24) is 16.0 Å². The largest absolute Gasteiger partial charge is 0.490 e. The Hall–Kier alpha value is -2.80. The van der Waals surface area contributed by atoms with Gasteiger partial charge in [0.05, 0.1) is 17.7 Å². The number of benzene rings is 2. The lowest BCUT2D eigenvalue weighted by molar-refractivity contribution is -0.118. The molecule has 4 rings (SSSR count). The highest BCUT2D eigenvalue weighted by Gasteiger charge is 2.33. The van der Waals surface area contributed by atoms with Crippen molar-refractivity contribution in [3.05, 3.63) is 75.4 Å². The van der Waals surface area contributed by atoms with E-state index in [0.29, 0.717) is 23.6 Å². The van der Waals surface area contributed by atoms with Gasteiger partial charge < -0.3 is 20.7 Å². The van der Waals surface area contributed by atoms with Crippen LogP contribution in [0.4, 0.5) is 4.79 Å². The smallest absolute Gasteiger partial charge is 0.319 e. The lowest BCUT2D eigenvalue weighted by Gasteiger charge is -2.30. The maximum Gasteiger partial charge on any atom is 0.319 e. The van der Waals surface area contributed by atoms with Gasteiger partial charge in [-0.2, -0.15) is 0 Å². The normalized spacial score (nSPS) is 19.0. The second kappa shape index (κ2) is 9.56. The molecule has 3 N–H and O–H groups in total. The molecule has 6 nitrogen and oxygen atoms in total. The van der Waals surface area contributed by atoms with Crippen molar-refractivity contribution in [2.24, 2.45) is 0 Å². The number of carbonyl (C=O) groups is 2. The van der Waals surface area contributed by atoms with Gasteiger partial charge in [0, 0.05) is 22.3 Å². The lowest BCUT2D eigenvalue weighted by atomic mass is 9.94. The van der Waals surface area contributed by atoms with E-state index in [-0.39, 0.29) is 18.0 Å². The highest BCUT2D eigenvalue weighted by atomic mass is 79.9. The number of urea groups is 1. The van der Waals surface area contributed by atoms with Crippen LogP contribution in [0.5, 0.6) is 5.75 Å². The molecule has 1 saturated carbocycles. The molecule has 31 heavy (non-hydrogen) atoms. The lowest BCUT2D eigenvalue weighted by Crippen LogP contribution is -2.47. The molecule has 2 aliphatic rings. The predicted octanol–water partition coefficient (Wildman–Crippen LogP) is 4.71. The molecule has 1 aliphatic heterocycles. The van der Waals surface area contributed by atoms with E-state index in [9.17, 15) is 9.59 Å². The molecule has 162 valence electrons. The molecule has 2 aromatic carbocycles. The van der Waals surface area contributed by atoms with Crippen LogP contribution in [0.1, 0.15) is 49.8 Å². The number of hydrogen-bond acceptors (Lipinski definition) is 3. The quantitative estimate of drug-likeness (QED) is 0.556. The number of hydrogen-bond donors (Lipinski definition) is 3. The van der Waals surface area contributed by atoms with Gasteiger partial charge in [-0.25, -0.2) is 4.79 Å². The number of halogens is 1. The topological polar surface area (TPSA) is 79.5 Å². The third-order valence-electron chi connectivity index (χ3n) is 5.69. The van der Waals surface area contributed by atoms with Gasteiger partial charge in [-0.1, -0.05) is 46.3 Å². The summed E-state index contributed by atoms with van der Waals surface area (Å²) in [6, 6.07) is 14.5. The van der Waals surface area contributed by atoms with Crippen LogP contribution in [0.25, 0.3) is 0 Å². The molecule has 0 bridgehead atoms. The maximum absolute atomic E-state index is 13.2. The first-order valence-corrected chi connectivity index (χ1v) is 11.4. The Morgan fingerprint density at radius 3 is 2.65 bits per heavy atom. The minimum Gasteiger partial charge on any atom is -0.490 e. The summed E-state index contributed by atoms with van der Waals surface area (Å²) >= 11 is 3.52. The molecule has 0 spiro atoms. The molecule has 0 aromatic heterocycles. The van der Waals surface area contributed by atoms with Crippen molar-refractivity contribution >= 4 is 27.9 Å². The fraction of sp³-hybridized carbons (Fsp3) is 0.333.